The highest BCUT2D eigenvalue weighted by Crippen LogP contribution is 2.53. The molecule has 6 nitrogen and oxygen atoms in total. The van der Waals surface area contributed by atoms with Crippen molar-refractivity contribution in [3.63, 3.8) is 0 Å². The van der Waals surface area contributed by atoms with E-state index in [1.165, 1.54) is 12.8 Å². The summed E-state index contributed by atoms with van der Waals surface area (Å²) in [5.74, 6) is -12.5. The molecule has 5 unspecified atom stereocenters. The van der Waals surface area contributed by atoms with Gasteiger partial charge in [-0.05, 0) is 46.8 Å². The van der Waals surface area contributed by atoms with Crippen molar-refractivity contribution < 1.29 is 41.3 Å². The number of benzene rings is 3. The third-order valence-electron chi connectivity index (χ3n) is 9.72. The van der Waals surface area contributed by atoms with Crippen LogP contribution in [-0.4, -0.2) is 41.1 Å². The van der Waals surface area contributed by atoms with E-state index >= 15 is 0 Å². The molecule has 0 radical (unpaired) electrons. The Morgan fingerprint density at radius 3 is 2.09 bits per heavy atom. The van der Waals surface area contributed by atoms with E-state index in [2.05, 4.69) is 31.0 Å². The van der Waals surface area contributed by atoms with E-state index in [1.807, 2.05) is 24.3 Å². The quantitative estimate of drug-likeness (QED) is 0.152. The second kappa shape index (κ2) is 12.9. The molecule has 3 aromatic rings. The summed E-state index contributed by atoms with van der Waals surface area (Å²) in [6, 6.07) is 15.0. The van der Waals surface area contributed by atoms with Gasteiger partial charge in [0.15, 0.2) is 29.6 Å². The van der Waals surface area contributed by atoms with Gasteiger partial charge in [-0.3, -0.25) is 9.69 Å². The van der Waals surface area contributed by atoms with Crippen LogP contribution in [-0.2, 0) is 22.6 Å². The van der Waals surface area contributed by atoms with Gasteiger partial charge in [0.05, 0.1) is 18.8 Å². The predicted molar refractivity (Wildman–Crippen MR) is 163 cm³/mol. The number of rotatable bonds is 8. The Kier molecular flexibility index (Phi) is 9.21. The number of aliphatic hydroxyl groups excluding tert-OH is 1. The maximum atomic E-state index is 14.1. The van der Waals surface area contributed by atoms with Gasteiger partial charge in [0.2, 0.25) is 5.82 Å². The van der Waals surface area contributed by atoms with Crippen LogP contribution in [0.15, 0.2) is 48.5 Å². The van der Waals surface area contributed by atoms with Crippen molar-refractivity contribution in [3.8, 4) is 0 Å². The molecule has 11 heteroatoms. The zero-order valence-electron chi connectivity index (χ0n) is 26.6. The van der Waals surface area contributed by atoms with E-state index in [-0.39, 0.29) is 36.2 Å². The zero-order valence-corrected chi connectivity index (χ0v) is 26.6. The van der Waals surface area contributed by atoms with Crippen LogP contribution in [0.2, 0.25) is 0 Å². The topological polar surface area (TPSA) is 71.0 Å². The number of halogens is 5. The van der Waals surface area contributed by atoms with Gasteiger partial charge in [0.25, 0.3) is 5.91 Å². The third kappa shape index (κ3) is 6.95. The monoisotopic (exact) mass is 658 g/mol. The van der Waals surface area contributed by atoms with E-state index in [0.29, 0.717) is 18.0 Å². The smallest absolute Gasteiger partial charge is 0.257 e. The molecule has 3 fully saturated rings. The summed E-state index contributed by atoms with van der Waals surface area (Å²) in [6.45, 7) is 8.59. The van der Waals surface area contributed by atoms with Crippen molar-refractivity contribution in [2.75, 3.05) is 13.1 Å². The number of ether oxygens (including phenoxy) is 2. The Labute approximate surface area is 270 Å². The Morgan fingerprint density at radius 2 is 1.45 bits per heavy atom. The van der Waals surface area contributed by atoms with Crippen LogP contribution in [0.1, 0.15) is 91.5 Å². The number of carbonyl (C=O) groups excluding carboxylic acids is 1. The number of likely N-dealkylation sites (tertiary alicyclic amines) is 1. The number of amides is 1. The summed E-state index contributed by atoms with van der Waals surface area (Å²) in [5.41, 5.74) is 2.05. The lowest BCUT2D eigenvalue weighted by Crippen LogP contribution is -2.42. The minimum atomic E-state index is -2.33. The minimum Gasteiger partial charge on any atom is -0.392 e. The summed E-state index contributed by atoms with van der Waals surface area (Å²) in [7, 11) is 0. The fraction of sp³-hybridized carbons (Fsp3) is 0.472. The molecule has 2 bridgehead atoms. The lowest BCUT2D eigenvalue weighted by Gasteiger charge is -2.41. The summed E-state index contributed by atoms with van der Waals surface area (Å²) in [4.78, 5) is 15.0. The molecule has 1 saturated carbocycles. The van der Waals surface area contributed by atoms with Crippen molar-refractivity contribution in [3.05, 3.63) is 105 Å². The van der Waals surface area contributed by atoms with Gasteiger partial charge in [0, 0.05) is 37.7 Å². The van der Waals surface area contributed by atoms with Gasteiger partial charge in [-0.1, -0.05) is 69.3 Å². The zero-order chi connectivity index (χ0) is 33.7. The Balaban J connectivity index is 1.17. The van der Waals surface area contributed by atoms with Gasteiger partial charge in [-0.25, -0.2) is 22.0 Å². The Hall–Kier alpha value is -3.38. The van der Waals surface area contributed by atoms with Crippen molar-refractivity contribution in [2.24, 2.45) is 10.8 Å². The Bertz CT molecular complexity index is 1600. The highest BCUT2D eigenvalue weighted by atomic mass is 19.2. The first kappa shape index (κ1) is 33.5. The van der Waals surface area contributed by atoms with Gasteiger partial charge in [0.1, 0.15) is 5.56 Å². The maximum Gasteiger partial charge on any atom is 0.257 e. The number of fused-ring (bicyclic) bond motifs is 2. The van der Waals surface area contributed by atoms with E-state index in [4.69, 9.17) is 9.47 Å². The standard InChI is InChI=1S/C36H39F5N2O4/c1-35(2)13-24-14-36(3,18-35)19-43(24)16-25-12-26(22-8-6-21(17-44)7-9-22)47-34(46-25)23-10-4-20(5-11-23)15-42-33(45)27-28(37)30(39)32(41)31(40)29(27)38/h4-11,24-26,34,44H,12-19H2,1-3H3,(H,42,45). The lowest BCUT2D eigenvalue weighted by atomic mass is 9.65. The van der Waals surface area contributed by atoms with Crippen molar-refractivity contribution >= 4 is 5.91 Å². The SMILES string of the molecule is CC1(C)CC2CC(C)(CN2CC2CC(c3ccc(CO)cc3)OC(c3ccc(CNC(=O)c4c(F)c(F)c(F)c(F)c4F)cc3)O2)C1. The van der Waals surface area contributed by atoms with Crippen LogP contribution in [0.25, 0.3) is 0 Å². The van der Waals surface area contributed by atoms with Gasteiger partial charge in [-0.2, -0.15) is 0 Å². The Morgan fingerprint density at radius 1 is 0.851 bits per heavy atom. The number of nitrogens with one attached hydrogen (secondary N) is 1. The highest BCUT2D eigenvalue weighted by molar-refractivity contribution is 5.94. The van der Waals surface area contributed by atoms with E-state index < -0.39 is 46.8 Å². The summed E-state index contributed by atoms with van der Waals surface area (Å²) in [6.07, 6.45) is 3.07. The van der Waals surface area contributed by atoms with Crippen molar-refractivity contribution in [1.82, 2.24) is 10.2 Å². The molecule has 3 aromatic carbocycles. The van der Waals surface area contributed by atoms with E-state index in [1.54, 1.807) is 24.3 Å². The lowest BCUT2D eigenvalue weighted by molar-refractivity contribution is -0.253. The molecule has 0 spiro atoms. The van der Waals surface area contributed by atoms with Gasteiger partial charge >= 0.3 is 0 Å². The summed E-state index contributed by atoms with van der Waals surface area (Å²) >= 11 is 0. The minimum absolute atomic E-state index is 0.0556. The molecule has 47 heavy (non-hydrogen) atoms. The average Bonchev–Trinajstić information content (AvgIpc) is 3.28. The predicted octanol–water partition coefficient (Wildman–Crippen LogP) is 7.25. The molecule has 0 aromatic heterocycles. The highest BCUT2D eigenvalue weighted by Gasteiger charge is 2.50. The number of carbonyl (C=O) groups is 1. The van der Waals surface area contributed by atoms with Crippen LogP contribution in [0.4, 0.5) is 22.0 Å². The van der Waals surface area contributed by atoms with Crippen LogP contribution in [0.5, 0.6) is 0 Å². The normalized spacial score (nSPS) is 27.2. The van der Waals surface area contributed by atoms with Crippen LogP contribution in [0, 0.1) is 39.9 Å². The first-order chi connectivity index (χ1) is 22.3. The fourth-order valence-electron chi connectivity index (χ4n) is 7.95. The molecule has 252 valence electrons. The van der Waals surface area contributed by atoms with E-state index in [9.17, 15) is 31.9 Å². The van der Waals surface area contributed by atoms with Crippen LogP contribution < -0.4 is 5.32 Å². The molecule has 1 aliphatic carbocycles. The van der Waals surface area contributed by atoms with Crippen molar-refractivity contribution in [1.29, 1.82) is 0 Å². The molecule has 3 aliphatic rings. The van der Waals surface area contributed by atoms with Crippen LogP contribution in [0.3, 0.4) is 0 Å². The maximum absolute atomic E-state index is 14.1. The molecule has 2 N–H and O–H groups in total. The largest absolute Gasteiger partial charge is 0.392 e. The molecular weight excluding hydrogens is 619 g/mol. The van der Waals surface area contributed by atoms with Crippen LogP contribution >= 0.6 is 0 Å². The molecule has 2 heterocycles. The third-order valence-corrected chi connectivity index (χ3v) is 9.72. The molecule has 5 atom stereocenters. The number of hydrogen-bond donors (Lipinski definition) is 2. The molecule has 2 aliphatic heterocycles. The summed E-state index contributed by atoms with van der Waals surface area (Å²) < 4.78 is 81.7. The number of aliphatic hydroxyl groups is 1. The first-order valence-corrected chi connectivity index (χ1v) is 15.9. The number of nitrogens with zero attached hydrogens (tertiary/aromatic N) is 1. The molecule has 6 rings (SSSR count). The number of hydrogen-bond acceptors (Lipinski definition) is 5. The molecule has 2 saturated heterocycles. The fourth-order valence-corrected chi connectivity index (χ4v) is 7.95. The van der Waals surface area contributed by atoms with Gasteiger partial charge in [-0.15, -0.1) is 0 Å². The second-order valence-electron chi connectivity index (χ2n) is 14.4. The average molecular weight is 659 g/mol. The first-order valence-electron chi connectivity index (χ1n) is 15.9. The van der Waals surface area contributed by atoms with Crippen molar-refractivity contribution in [2.45, 2.75) is 84.1 Å². The second-order valence-corrected chi connectivity index (χ2v) is 14.4. The molecule has 1 amide bonds. The summed E-state index contributed by atoms with van der Waals surface area (Å²) in [5, 5.41) is 11.7. The molecular formula is C36H39F5N2O4. The van der Waals surface area contributed by atoms with E-state index in [0.717, 1.165) is 36.2 Å². The van der Waals surface area contributed by atoms with Gasteiger partial charge < -0.3 is 19.9 Å².